The van der Waals surface area contributed by atoms with Gasteiger partial charge in [-0.25, -0.2) is 14.6 Å². The summed E-state index contributed by atoms with van der Waals surface area (Å²) in [6.45, 7) is 4.92. The summed E-state index contributed by atoms with van der Waals surface area (Å²) in [4.78, 5) is 23.9. The van der Waals surface area contributed by atoms with Crippen LogP contribution in [0.5, 0.6) is 0 Å². The maximum atomic E-state index is 13.6. The molecule has 0 bridgehead atoms. The van der Waals surface area contributed by atoms with E-state index in [4.69, 9.17) is 0 Å². The number of piperidine rings is 1. The van der Waals surface area contributed by atoms with E-state index in [1.165, 1.54) is 29.5 Å². The third-order valence-corrected chi connectivity index (χ3v) is 5.84. The third kappa shape index (κ3) is 5.15. The van der Waals surface area contributed by atoms with Crippen molar-refractivity contribution in [1.82, 2.24) is 24.6 Å². The summed E-state index contributed by atoms with van der Waals surface area (Å²) < 4.78 is 40.0. The topological polar surface area (TPSA) is 75.9 Å². The summed E-state index contributed by atoms with van der Waals surface area (Å²) in [7, 11) is 0. The van der Waals surface area contributed by atoms with E-state index in [0.29, 0.717) is 41.8 Å². The second-order valence-corrected chi connectivity index (χ2v) is 8.41. The number of aromatic nitrogens is 4. The van der Waals surface area contributed by atoms with E-state index in [2.05, 4.69) is 27.3 Å². The van der Waals surface area contributed by atoms with E-state index in [0.717, 1.165) is 25.0 Å². The Morgan fingerprint density at radius 3 is 2.58 bits per heavy atom. The lowest BCUT2D eigenvalue weighted by Crippen LogP contribution is -2.49. The lowest BCUT2D eigenvalue weighted by atomic mass is 9.93. The Kier molecular flexibility index (Phi) is 6.35. The number of anilines is 1. The van der Waals surface area contributed by atoms with E-state index in [9.17, 15) is 18.0 Å². The Balaban J connectivity index is 1.54. The van der Waals surface area contributed by atoms with Crippen molar-refractivity contribution in [3.8, 4) is 5.69 Å². The van der Waals surface area contributed by atoms with Gasteiger partial charge < -0.3 is 10.2 Å². The molecular weight excluding hydrogens is 433 g/mol. The molecule has 1 saturated heterocycles. The van der Waals surface area contributed by atoms with Gasteiger partial charge in [-0.3, -0.25) is 4.79 Å². The molecule has 3 heterocycles. The fraction of sp³-hybridized carbons (Fsp3) is 0.391. The molecule has 4 rings (SSSR count). The maximum absolute atomic E-state index is 13.6. The van der Waals surface area contributed by atoms with E-state index in [-0.39, 0.29) is 11.9 Å². The molecule has 2 aromatic heterocycles. The van der Waals surface area contributed by atoms with Gasteiger partial charge in [0.15, 0.2) is 5.69 Å². The molecular formula is C23H25F3N6O. The Morgan fingerprint density at radius 2 is 1.91 bits per heavy atom. The molecule has 1 aliphatic rings. The SMILES string of the molecule is Cc1ccc(-n2cncn2)c(C(=O)N2C[C@H](C)CCC2CNc2ccc(C(F)(F)F)cc2)n1. The molecule has 1 unspecified atom stereocenters. The number of aryl methyl sites for hydroxylation is 1. The first-order chi connectivity index (χ1) is 15.7. The van der Waals surface area contributed by atoms with Crippen molar-refractivity contribution in [2.45, 2.75) is 38.9 Å². The molecule has 174 valence electrons. The summed E-state index contributed by atoms with van der Waals surface area (Å²) in [5, 5.41) is 7.33. The smallest absolute Gasteiger partial charge is 0.383 e. The predicted molar refractivity (Wildman–Crippen MR) is 117 cm³/mol. The average molecular weight is 458 g/mol. The average Bonchev–Trinajstić information content (AvgIpc) is 3.32. The molecule has 0 aliphatic carbocycles. The number of hydrogen-bond acceptors (Lipinski definition) is 5. The van der Waals surface area contributed by atoms with Gasteiger partial charge in [0.25, 0.3) is 5.91 Å². The van der Waals surface area contributed by atoms with E-state index in [1.807, 2.05) is 17.9 Å². The highest BCUT2D eigenvalue weighted by Crippen LogP contribution is 2.30. The summed E-state index contributed by atoms with van der Waals surface area (Å²) in [5.41, 5.74) is 1.45. The van der Waals surface area contributed by atoms with E-state index in [1.54, 1.807) is 6.07 Å². The van der Waals surface area contributed by atoms with Gasteiger partial charge in [-0.15, -0.1) is 0 Å². The van der Waals surface area contributed by atoms with Crippen molar-refractivity contribution in [2.75, 3.05) is 18.4 Å². The zero-order valence-electron chi connectivity index (χ0n) is 18.4. The van der Waals surface area contributed by atoms with Crippen molar-refractivity contribution < 1.29 is 18.0 Å². The highest BCUT2D eigenvalue weighted by molar-refractivity contribution is 5.96. The Bertz CT molecular complexity index is 1100. The molecule has 1 aliphatic heterocycles. The number of hydrogen-bond donors (Lipinski definition) is 1. The highest BCUT2D eigenvalue weighted by atomic mass is 19.4. The number of halogens is 3. The molecule has 1 aromatic carbocycles. The number of nitrogens with one attached hydrogen (secondary N) is 1. The van der Waals surface area contributed by atoms with Crippen LogP contribution in [0.15, 0.2) is 49.1 Å². The predicted octanol–water partition coefficient (Wildman–Crippen LogP) is 4.34. The Labute approximate surface area is 189 Å². The normalized spacial score (nSPS) is 18.9. The highest BCUT2D eigenvalue weighted by Gasteiger charge is 2.33. The lowest BCUT2D eigenvalue weighted by Gasteiger charge is -2.39. The van der Waals surface area contributed by atoms with E-state index >= 15 is 0 Å². The largest absolute Gasteiger partial charge is 0.416 e. The molecule has 2 atom stereocenters. The summed E-state index contributed by atoms with van der Waals surface area (Å²) in [6, 6.07) is 8.41. The number of amides is 1. The number of carbonyl (C=O) groups excluding carboxylic acids is 1. The molecule has 1 amide bonds. The van der Waals surface area contributed by atoms with Gasteiger partial charge in [0, 0.05) is 30.5 Å². The van der Waals surface area contributed by atoms with Crippen LogP contribution in [0.4, 0.5) is 18.9 Å². The maximum Gasteiger partial charge on any atom is 0.416 e. The Morgan fingerprint density at radius 1 is 1.15 bits per heavy atom. The van der Waals surface area contributed by atoms with Gasteiger partial charge in [-0.05, 0) is 62.1 Å². The summed E-state index contributed by atoms with van der Waals surface area (Å²) >= 11 is 0. The van der Waals surface area contributed by atoms with Gasteiger partial charge in [0.2, 0.25) is 0 Å². The number of pyridine rings is 1. The van der Waals surface area contributed by atoms with Crippen molar-refractivity contribution in [3.63, 3.8) is 0 Å². The first-order valence-electron chi connectivity index (χ1n) is 10.8. The van der Waals surface area contributed by atoms with Crippen LogP contribution in [-0.2, 0) is 6.18 Å². The van der Waals surface area contributed by atoms with Crippen LogP contribution < -0.4 is 5.32 Å². The minimum atomic E-state index is -4.37. The number of benzene rings is 1. The minimum Gasteiger partial charge on any atom is -0.383 e. The van der Waals surface area contributed by atoms with Gasteiger partial charge >= 0.3 is 6.18 Å². The molecule has 1 N–H and O–H groups in total. The van der Waals surface area contributed by atoms with Crippen molar-refractivity contribution in [2.24, 2.45) is 5.92 Å². The summed E-state index contributed by atoms with van der Waals surface area (Å²) in [6.07, 6.45) is 0.286. The zero-order chi connectivity index (χ0) is 23.6. The van der Waals surface area contributed by atoms with Gasteiger partial charge in [-0.1, -0.05) is 6.92 Å². The second-order valence-electron chi connectivity index (χ2n) is 8.41. The van der Waals surface area contributed by atoms with Crippen LogP contribution in [0.1, 0.15) is 41.5 Å². The molecule has 0 spiro atoms. The quantitative estimate of drug-likeness (QED) is 0.616. The van der Waals surface area contributed by atoms with Crippen molar-refractivity contribution >= 4 is 11.6 Å². The third-order valence-electron chi connectivity index (χ3n) is 5.84. The Hall–Kier alpha value is -3.43. The first-order valence-corrected chi connectivity index (χ1v) is 10.8. The second kappa shape index (κ2) is 9.21. The van der Waals surface area contributed by atoms with Gasteiger partial charge in [-0.2, -0.15) is 18.3 Å². The number of rotatable bonds is 5. The van der Waals surface area contributed by atoms with Gasteiger partial charge in [0.1, 0.15) is 12.7 Å². The first kappa shape index (κ1) is 22.8. The molecule has 0 saturated carbocycles. The monoisotopic (exact) mass is 458 g/mol. The number of likely N-dealkylation sites (tertiary alicyclic amines) is 1. The van der Waals surface area contributed by atoms with Crippen LogP contribution >= 0.6 is 0 Å². The van der Waals surface area contributed by atoms with Crippen LogP contribution in [0, 0.1) is 12.8 Å². The fourth-order valence-corrected chi connectivity index (χ4v) is 4.04. The molecule has 7 nitrogen and oxygen atoms in total. The van der Waals surface area contributed by atoms with Crippen LogP contribution in [0.3, 0.4) is 0 Å². The van der Waals surface area contributed by atoms with E-state index < -0.39 is 11.7 Å². The number of nitrogens with zero attached hydrogens (tertiary/aromatic N) is 5. The number of carbonyl (C=O) groups is 1. The lowest BCUT2D eigenvalue weighted by molar-refractivity contribution is -0.137. The molecule has 0 radical (unpaired) electrons. The summed E-state index contributed by atoms with van der Waals surface area (Å²) in [5.74, 6) is 0.130. The van der Waals surface area contributed by atoms with Crippen LogP contribution in [0.25, 0.3) is 5.69 Å². The molecule has 3 aromatic rings. The molecule has 33 heavy (non-hydrogen) atoms. The van der Waals surface area contributed by atoms with Gasteiger partial charge in [0.05, 0.1) is 11.3 Å². The molecule has 1 fully saturated rings. The van der Waals surface area contributed by atoms with Crippen molar-refractivity contribution in [3.05, 3.63) is 66.0 Å². The molecule has 10 heteroatoms. The standard InChI is InChI=1S/C23H25F3N6O/c1-15-3-9-19(11-28-18-7-5-17(6-8-18)23(24,25)26)31(12-15)22(33)21-20(10-4-16(2)30-21)32-14-27-13-29-32/h4-8,10,13-15,19,28H,3,9,11-12H2,1-2H3/t15-,19?/m1/s1. The zero-order valence-corrected chi connectivity index (χ0v) is 18.4. The fourth-order valence-electron chi connectivity index (χ4n) is 4.04. The number of alkyl halides is 3. The van der Waals surface area contributed by atoms with Crippen LogP contribution in [-0.4, -0.2) is 49.7 Å². The minimum absolute atomic E-state index is 0.123. The van der Waals surface area contributed by atoms with Crippen molar-refractivity contribution in [1.29, 1.82) is 0 Å². The van der Waals surface area contributed by atoms with Crippen LogP contribution in [0.2, 0.25) is 0 Å².